The maximum absolute atomic E-state index is 12.0. The number of nitrogens with two attached hydrogens (primary N) is 1. The number of amides is 1. The summed E-state index contributed by atoms with van der Waals surface area (Å²) in [6.07, 6.45) is -0.918. The molecule has 0 saturated heterocycles. The molecule has 0 aromatic heterocycles. The van der Waals surface area contributed by atoms with Crippen LogP contribution in [-0.4, -0.2) is 22.5 Å². The van der Waals surface area contributed by atoms with Gasteiger partial charge in [0.05, 0.1) is 23.3 Å². The summed E-state index contributed by atoms with van der Waals surface area (Å²) >= 11 is 3.14. The van der Waals surface area contributed by atoms with Gasteiger partial charge in [-0.3, -0.25) is 4.79 Å². The van der Waals surface area contributed by atoms with Crippen molar-refractivity contribution in [2.75, 3.05) is 0 Å². The van der Waals surface area contributed by atoms with Crippen molar-refractivity contribution >= 4 is 32.2 Å². The molecule has 1 heterocycles. The molecule has 0 unspecified atom stereocenters. The van der Waals surface area contributed by atoms with Gasteiger partial charge in [0.1, 0.15) is 10.5 Å². The Labute approximate surface area is 131 Å². The lowest BCUT2D eigenvalue weighted by Crippen LogP contribution is -2.60. The number of primary amides is 1. The summed E-state index contributed by atoms with van der Waals surface area (Å²) < 4.78 is 0.152. The molecule has 2 N–H and O–H groups in total. The van der Waals surface area contributed by atoms with E-state index in [4.69, 9.17) is 10.6 Å². The number of nitriles is 2. The van der Waals surface area contributed by atoms with Crippen LogP contribution in [-0.2, 0) is 9.63 Å². The summed E-state index contributed by atoms with van der Waals surface area (Å²) in [5, 5.41) is 22.8. The Hall–Kier alpha value is -1.93. The van der Waals surface area contributed by atoms with Crippen LogP contribution in [0.2, 0.25) is 0 Å². The van der Waals surface area contributed by atoms with Crippen LogP contribution in [0.4, 0.5) is 0 Å². The number of hydrogen-bond donors (Lipinski definition) is 1. The largest absolute Gasteiger partial charge is 0.368 e. The van der Waals surface area contributed by atoms with Crippen LogP contribution in [0.5, 0.6) is 0 Å². The monoisotopic (exact) mass is 353 g/mol. The zero-order valence-electron chi connectivity index (χ0n) is 12.2. The minimum Gasteiger partial charge on any atom is -0.368 e. The standard InChI is InChI=1S/C13H16BrN5O2/c1-7(2)19-21-11-12(3,4)13(6-16,10(17)20)8(5-15)9(14)18-11/h8,11H,1-4H3,(H2,17,20)/t8-,11+,13+/m0/s1. The molecule has 0 aromatic carbocycles. The summed E-state index contributed by atoms with van der Waals surface area (Å²) in [7, 11) is 0. The topological polar surface area (TPSA) is 125 Å². The average molecular weight is 354 g/mol. The first-order valence-electron chi connectivity index (χ1n) is 6.16. The third-order valence-corrected chi connectivity index (χ3v) is 4.24. The van der Waals surface area contributed by atoms with Crippen LogP contribution in [0.15, 0.2) is 10.1 Å². The molecule has 8 heteroatoms. The molecule has 112 valence electrons. The smallest absolute Gasteiger partial charge is 0.240 e. The highest BCUT2D eigenvalue weighted by Crippen LogP contribution is 2.52. The van der Waals surface area contributed by atoms with E-state index in [1.807, 2.05) is 12.1 Å². The van der Waals surface area contributed by atoms with Crippen LogP contribution in [0.3, 0.4) is 0 Å². The van der Waals surface area contributed by atoms with Crippen molar-refractivity contribution in [1.82, 2.24) is 0 Å². The molecule has 0 fully saturated rings. The fourth-order valence-electron chi connectivity index (χ4n) is 2.28. The van der Waals surface area contributed by atoms with Crippen molar-refractivity contribution in [3.8, 4) is 12.1 Å². The van der Waals surface area contributed by atoms with Gasteiger partial charge in [-0.2, -0.15) is 10.5 Å². The normalized spacial score (nSPS) is 30.3. The van der Waals surface area contributed by atoms with Gasteiger partial charge in [0, 0.05) is 0 Å². The quantitative estimate of drug-likeness (QED) is 0.611. The summed E-state index contributed by atoms with van der Waals surface area (Å²) in [4.78, 5) is 21.5. The van der Waals surface area contributed by atoms with E-state index in [-0.39, 0.29) is 4.62 Å². The second-order valence-electron chi connectivity index (χ2n) is 5.52. The number of hydrogen-bond acceptors (Lipinski definition) is 6. The van der Waals surface area contributed by atoms with Crippen molar-refractivity contribution in [3.05, 3.63) is 0 Å². The average Bonchev–Trinajstić information content (AvgIpc) is 2.37. The van der Waals surface area contributed by atoms with Gasteiger partial charge in [0.2, 0.25) is 12.1 Å². The Bertz CT molecular complexity index is 595. The number of carbonyl (C=O) groups is 1. The number of aliphatic imine (C=N–C) groups is 1. The third-order valence-electron chi connectivity index (χ3n) is 3.57. The predicted octanol–water partition coefficient (Wildman–Crippen LogP) is 1.69. The van der Waals surface area contributed by atoms with Crippen molar-refractivity contribution in [3.63, 3.8) is 0 Å². The highest BCUT2D eigenvalue weighted by Gasteiger charge is 2.64. The molecular formula is C13H16BrN5O2. The molecule has 0 spiro atoms. The van der Waals surface area contributed by atoms with E-state index in [1.54, 1.807) is 27.7 Å². The van der Waals surface area contributed by atoms with Crippen molar-refractivity contribution in [2.45, 2.75) is 33.9 Å². The summed E-state index contributed by atoms with van der Waals surface area (Å²) in [6, 6.07) is 3.85. The molecule has 1 rings (SSSR count). The maximum Gasteiger partial charge on any atom is 0.240 e. The molecule has 0 bridgehead atoms. The van der Waals surface area contributed by atoms with Gasteiger partial charge in [-0.1, -0.05) is 19.0 Å². The Morgan fingerprint density at radius 2 is 2.05 bits per heavy atom. The first-order valence-corrected chi connectivity index (χ1v) is 6.95. The summed E-state index contributed by atoms with van der Waals surface area (Å²) in [6.45, 7) is 6.69. The highest BCUT2D eigenvalue weighted by molar-refractivity contribution is 9.18. The Kier molecular flexibility index (Phi) is 4.75. The number of oxime groups is 1. The molecule has 1 aliphatic heterocycles. The van der Waals surface area contributed by atoms with Crippen molar-refractivity contribution < 1.29 is 9.63 Å². The molecule has 3 atom stereocenters. The number of nitrogens with zero attached hydrogens (tertiary/aromatic N) is 4. The first kappa shape index (κ1) is 17.1. The number of carbonyl (C=O) groups excluding carboxylic acids is 1. The van der Waals surface area contributed by atoms with Gasteiger partial charge in [-0.05, 0) is 29.8 Å². The van der Waals surface area contributed by atoms with E-state index >= 15 is 0 Å². The third kappa shape index (κ3) is 2.52. The van der Waals surface area contributed by atoms with Crippen LogP contribution < -0.4 is 5.73 Å². The highest BCUT2D eigenvalue weighted by atomic mass is 79.9. The van der Waals surface area contributed by atoms with Gasteiger partial charge in [0.15, 0.2) is 5.41 Å². The van der Waals surface area contributed by atoms with E-state index in [1.165, 1.54) is 0 Å². The van der Waals surface area contributed by atoms with Gasteiger partial charge < -0.3 is 10.6 Å². The van der Waals surface area contributed by atoms with Crippen LogP contribution in [0.1, 0.15) is 27.7 Å². The van der Waals surface area contributed by atoms with Gasteiger partial charge in [-0.25, -0.2) is 4.99 Å². The number of halogens is 1. The van der Waals surface area contributed by atoms with Gasteiger partial charge in [-0.15, -0.1) is 0 Å². The SMILES string of the molecule is CC(C)=NO[C@H]1N=C(Br)[C@H](C#N)[C@](C#N)(C(N)=O)C1(C)C. The van der Waals surface area contributed by atoms with Crippen molar-refractivity contribution in [2.24, 2.45) is 32.6 Å². The van der Waals surface area contributed by atoms with Crippen LogP contribution in [0, 0.1) is 39.4 Å². The van der Waals surface area contributed by atoms with E-state index in [0.29, 0.717) is 5.71 Å². The predicted molar refractivity (Wildman–Crippen MR) is 80.1 cm³/mol. The first-order chi connectivity index (χ1) is 9.65. The summed E-state index contributed by atoms with van der Waals surface area (Å²) in [5.74, 6) is -1.99. The number of rotatable bonds is 3. The lowest BCUT2D eigenvalue weighted by atomic mass is 9.57. The van der Waals surface area contributed by atoms with Crippen molar-refractivity contribution in [1.29, 1.82) is 10.5 Å². The minimum atomic E-state index is -1.77. The van der Waals surface area contributed by atoms with Gasteiger partial charge in [0.25, 0.3) is 0 Å². The molecule has 0 radical (unpaired) electrons. The van der Waals surface area contributed by atoms with Crippen LogP contribution in [0.25, 0.3) is 0 Å². The fraction of sp³-hybridized carbons (Fsp3) is 0.615. The zero-order valence-corrected chi connectivity index (χ0v) is 13.8. The van der Waals surface area contributed by atoms with E-state index in [2.05, 4.69) is 26.1 Å². The molecule has 0 aliphatic carbocycles. The molecule has 1 amide bonds. The summed E-state index contributed by atoms with van der Waals surface area (Å²) in [5.41, 5.74) is 3.20. The second kappa shape index (κ2) is 5.82. The van der Waals surface area contributed by atoms with E-state index in [9.17, 15) is 15.3 Å². The molecule has 0 saturated carbocycles. The molecule has 7 nitrogen and oxygen atoms in total. The van der Waals surface area contributed by atoms with E-state index < -0.39 is 28.9 Å². The lowest BCUT2D eigenvalue weighted by molar-refractivity contribution is -0.142. The Balaban J connectivity index is 3.54. The Morgan fingerprint density at radius 3 is 2.43 bits per heavy atom. The second-order valence-corrected chi connectivity index (χ2v) is 6.33. The maximum atomic E-state index is 12.0. The Morgan fingerprint density at radius 1 is 1.48 bits per heavy atom. The van der Waals surface area contributed by atoms with Crippen LogP contribution >= 0.6 is 15.9 Å². The molecule has 21 heavy (non-hydrogen) atoms. The lowest BCUT2D eigenvalue weighted by Gasteiger charge is -2.46. The zero-order chi connectivity index (χ0) is 16.4. The minimum absolute atomic E-state index is 0.152. The van der Waals surface area contributed by atoms with Gasteiger partial charge >= 0.3 is 0 Å². The van der Waals surface area contributed by atoms with E-state index in [0.717, 1.165) is 0 Å². The fourth-order valence-corrected chi connectivity index (χ4v) is 2.91. The molecular weight excluding hydrogens is 338 g/mol. The molecule has 0 aromatic rings. The molecule has 1 aliphatic rings.